The summed E-state index contributed by atoms with van der Waals surface area (Å²) in [7, 11) is 0. The molecule has 0 heterocycles. The Labute approximate surface area is 132 Å². The van der Waals surface area contributed by atoms with Gasteiger partial charge >= 0.3 is 11.9 Å². The summed E-state index contributed by atoms with van der Waals surface area (Å²) in [6.45, 7) is 9.51. The molecule has 2 saturated carbocycles. The Morgan fingerprint density at radius 2 is 2.09 bits per heavy atom. The minimum atomic E-state index is -0.511. The first-order valence-corrected chi connectivity index (χ1v) is 8.04. The van der Waals surface area contributed by atoms with E-state index in [0.717, 1.165) is 19.3 Å². The van der Waals surface area contributed by atoms with Crippen molar-refractivity contribution in [2.45, 2.75) is 58.3 Å². The normalized spacial score (nSPS) is 34.8. The molecule has 0 aliphatic heterocycles. The molecule has 5 nitrogen and oxygen atoms in total. The molecule has 0 aromatic rings. The molecule has 0 aromatic heterocycles. The van der Waals surface area contributed by atoms with E-state index >= 15 is 0 Å². The van der Waals surface area contributed by atoms with Crippen molar-refractivity contribution in [2.24, 2.45) is 17.8 Å². The second-order valence-electron chi connectivity index (χ2n) is 6.65. The number of esters is 2. The summed E-state index contributed by atoms with van der Waals surface area (Å²) in [5.74, 6) is -0.0817. The van der Waals surface area contributed by atoms with E-state index in [0.29, 0.717) is 18.9 Å². The van der Waals surface area contributed by atoms with Crippen molar-refractivity contribution in [3.63, 3.8) is 0 Å². The highest BCUT2D eigenvalue weighted by atomic mass is 16.7. The second-order valence-corrected chi connectivity index (χ2v) is 6.65. The van der Waals surface area contributed by atoms with Gasteiger partial charge in [0.25, 0.3) is 0 Å². The van der Waals surface area contributed by atoms with E-state index in [4.69, 9.17) is 14.2 Å². The Morgan fingerprint density at radius 1 is 1.36 bits per heavy atom. The van der Waals surface area contributed by atoms with Gasteiger partial charge in [0.15, 0.2) is 6.29 Å². The van der Waals surface area contributed by atoms with Crippen LogP contribution in [-0.2, 0) is 23.8 Å². The first kappa shape index (κ1) is 17.0. The van der Waals surface area contributed by atoms with Crippen molar-refractivity contribution in [3.05, 3.63) is 12.7 Å². The van der Waals surface area contributed by atoms with Gasteiger partial charge in [-0.25, -0.2) is 4.79 Å². The number of fused-ring (bicyclic) bond motifs is 2. The van der Waals surface area contributed by atoms with Crippen LogP contribution in [0.5, 0.6) is 0 Å². The van der Waals surface area contributed by atoms with Crippen LogP contribution in [0.3, 0.4) is 0 Å². The maximum Gasteiger partial charge on any atom is 0.330 e. The van der Waals surface area contributed by atoms with Gasteiger partial charge in [-0.1, -0.05) is 6.58 Å². The van der Waals surface area contributed by atoms with E-state index in [1.54, 1.807) is 6.92 Å². The zero-order valence-corrected chi connectivity index (χ0v) is 13.7. The van der Waals surface area contributed by atoms with Crippen LogP contribution in [0, 0.1) is 17.8 Å². The number of ether oxygens (including phenoxy) is 3. The summed E-state index contributed by atoms with van der Waals surface area (Å²) in [6, 6.07) is 0. The first-order chi connectivity index (χ1) is 10.4. The fourth-order valence-corrected chi connectivity index (χ4v) is 4.06. The highest BCUT2D eigenvalue weighted by molar-refractivity contribution is 5.81. The summed E-state index contributed by atoms with van der Waals surface area (Å²) in [4.78, 5) is 23.8. The zero-order valence-electron chi connectivity index (χ0n) is 13.7. The van der Waals surface area contributed by atoms with Crippen molar-refractivity contribution < 1.29 is 23.8 Å². The number of hydrogen-bond donors (Lipinski definition) is 0. The van der Waals surface area contributed by atoms with E-state index in [1.165, 1.54) is 6.08 Å². The number of carbonyl (C=O) groups is 2. The number of rotatable bonds is 6. The quantitative estimate of drug-likeness (QED) is 0.429. The first-order valence-electron chi connectivity index (χ1n) is 8.04. The summed E-state index contributed by atoms with van der Waals surface area (Å²) in [5.41, 5.74) is -0.501. The minimum absolute atomic E-state index is 0.114. The maximum absolute atomic E-state index is 12.3. The van der Waals surface area contributed by atoms with Gasteiger partial charge in [0.1, 0.15) is 5.60 Å². The molecular formula is C17H26O5. The largest absolute Gasteiger partial charge is 0.456 e. The van der Waals surface area contributed by atoms with Crippen LogP contribution < -0.4 is 0 Å². The van der Waals surface area contributed by atoms with Gasteiger partial charge in [0.2, 0.25) is 0 Å². The monoisotopic (exact) mass is 310 g/mol. The second kappa shape index (κ2) is 6.82. The molecule has 2 aliphatic rings. The fraction of sp³-hybridized carbons (Fsp3) is 0.765. The van der Waals surface area contributed by atoms with Crippen LogP contribution in [0.25, 0.3) is 0 Å². The van der Waals surface area contributed by atoms with Crippen LogP contribution in [-0.4, -0.2) is 30.4 Å². The molecular weight excluding hydrogens is 284 g/mol. The minimum Gasteiger partial charge on any atom is -0.456 e. The zero-order chi connectivity index (χ0) is 16.3. The van der Waals surface area contributed by atoms with Crippen molar-refractivity contribution in [2.75, 3.05) is 6.61 Å². The SMILES string of the molecule is C=CC(=O)OC1(C)CC2CC(C1)C(C(=O)OC(C)OCC)C2. The Kier molecular flexibility index (Phi) is 5.27. The van der Waals surface area contributed by atoms with Gasteiger partial charge in [-0.3, -0.25) is 4.79 Å². The molecule has 22 heavy (non-hydrogen) atoms. The third-order valence-electron chi connectivity index (χ3n) is 4.71. The highest BCUT2D eigenvalue weighted by Gasteiger charge is 2.50. The predicted octanol–water partition coefficient (Wildman–Crippen LogP) is 2.84. The molecule has 0 aromatic carbocycles. The lowest BCUT2D eigenvalue weighted by atomic mass is 9.77. The van der Waals surface area contributed by atoms with Gasteiger partial charge < -0.3 is 14.2 Å². The van der Waals surface area contributed by atoms with Gasteiger partial charge in [-0.2, -0.15) is 0 Å². The highest BCUT2D eigenvalue weighted by Crippen LogP contribution is 2.51. The molecule has 0 saturated heterocycles. The number of carbonyl (C=O) groups excluding carboxylic acids is 2. The third-order valence-corrected chi connectivity index (χ3v) is 4.71. The molecule has 2 rings (SSSR count). The Bertz CT molecular complexity index is 446. The van der Waals surface area contributed by atoms with Crippen molar-refractivity contribution >= 4 is 11.9 Å². The van der Waals surface area contributed by atoms with Gasteiger partial charge in [-0.05, 0) is 58.3 Å². The van der Waals surface area contributed by atoms with E-state index in [1.807, 2.05) is 13.8 Å². The van der Waals surface area contributed by atoms with E-state index in [2.05, 4.69) is 6.58 Å². The Hall–Kier alpha value is -1.36. The lowest BCUT2D eigenvalue weighted by molar-refractivity contribution is -0.180. The molecule has 5 heteroatoms. The van der Waals surface area contributed by atoms with Crippen molar-refractivity contribution in [1.82, 2.24) is 0 Å². The summed E-state index contributed by atoms with van der Waals surface area (Å²) in [5, 5.41) is 0. The standard InChI is InChI=1S/C17H26O5/c1-5-15(18)22-17(4)9-12-7-13(10-17)14(8-12)16(19)21-11(3)20-6-2/h5,11-14H,1,6-10H2,2-4H3. The summed E-state index contributed by atoms with van der Waals surface area (Å²) < 4.78 is 16.2. The molecule has 0 N–H and O–H groups in total. The van der Waals surface area contributed by atoms with Gasteiger partial charge in [0, 0.05) is 12.7 Å². The van der Waals surface area contributed by atoms with Gasteiger partial charge in [0.05, 0.1) is 5.92 Å². The lowest BCUT2D eigenvalue weighted by Gasteiger charge is -2.37. The molecule has 0 radical (unpaired) electrons. The topological polar surface area (TPSA) is 61.8 Å². The molecule has 5 atom stereocenters. The van der Waals surface area contributed by atoms with E-state index in [-0.39, 0.29) is 17.8 Å². The van der Waals surface area contributed by atoms with Crippen LogP contribution in [0.1, 0.15) is 46.5 Å². The fourth-order valence-electron chi connectivity index (χ4n) is 4.06. The van der Waals surface area contributed by atoms with Crippen LogP contribution >= 0.6 is 0 Å². The molecule has 0 spiro atoms. The lowest BCUT2D eigenvalue weighted by Crippen LogP contribution is -2.38. The molecule has 2 aliphatic carbocycles. The van der Waals surface area contributed by atoms with Gasteiger partial charge in [-0.15, -0.1) is 0 Å². The van der Waals surface area contributed by atoms with E-state index < -0.39 is 17.9 Å². The van der Waals surface area contributed by atoms with Crippen LogP contribution in [0.15, 0.2) is 12.7 Å². The van der Waals surface area contributed by atoms with Crippen molar-refractivity contribution in [3.8, 4) is 0 Å². The molecule has 124 valence electrons. The molecule has 0 amide bonds. The molecule has 5 unspecified atom stereocenters. The average molecular weight is 310 g/mol. The molecule has 2 bridgehead atoms. The maximum atomic E-state index is 12.3. The Balaban J connectivity index is 1.97. The average Bonchev–Trinajstić information content (AvgIpc) is 2.74. The molecule has 2 fully saturated rings. The number of hydrogen-bond acceptors (Lipinski definition) is 5. The van der Waals surface area contributed by atoms with E-state index in [9.17, 15) is 9.59 Å². The van der Waals surface area contributed by atoms with Crippen LogP contribution in [0.4, 0.5) is 0 Å². The Morgan fingerprint density at radius 3 is 2.73 bits per heavy atom. The van der Waals surface area contributed by atoms with Crippen LogP contribution in [0.2, 0.25) is 0 Å². The smallest absolute Gasteiger partial charge is 0.330 e. The summed E-state index contributed by atoms with van der Waals surface area (Å²) in [6.07, 6.45) is 3.99. The van der Waals surface area contributed by atoms with Crippen molar-refractivity contribution in [1.29, 1.82) is 0 Å². The third kappa shape index (κ3) is 3.88. The predicted molar refractivity (Wildman–Crippen MR) is 80.8 cm³/mol. The summed E-state index contributed by atoms with van der Waals surface area (Å²) >= 11 is 0.